The molecule has 7 heteroatoms. The Labute approximate surface area is 121 Å². The van der Waals surface area contributed by atoms with Gasteiger partial charge in [0, 0.05) is 18.5 Å². The van der Waals surface area contributed by atoms with E-state index in [1.807, 2.05) is 24.3 Å². The molecule has 5 N–H and O–H groups in total. The van der Waals surface area contributed by atoms with E-state index in [9.17, 15) is 15.0 Å². The largest absolute Gasteiger partial charge is 0.388 e. The highest BCUT2D eigenvalue weighted by Crippen LogP contribution is 2.23. The zero-order chi connectivity index (χ0) is 15.0. The van der Waals surface area contributed by atoms with Crippen molar-refractivity contribution in [1.29, 1.82) is 0 Å². The number of aliphatic hydroxyl groups excluding tert-OH is 2. The van der Waals surface area contributed by atoms with Gasteiger partial charge in [-0.25, -0.2) is 10.8 Å². The number of nitrogen functional groups attached to an aromatic ring is 1. The summed E-state index contributed by atoms with van der Waals surface area (Å²) in [5, 5.41) is 20.7. The van der Waals surface area contributed by atoms with E-state index >= 15 is 0 Å². The predicted octanol–water partition coefficient (Wildman–Crippen LogP) is -0.302. The molecule has 21 heavy (non-hydrogen) atoms. The quantitative estimate of drug-likeness (QED) is 0.446. The van der Waals surface area contributed by atoms with Gasteiger partial charge in [0.05, 0.1) is 12.2 Å². The first-order valence-electron chi connectivity index (χ1n) is 6.62. The van der Waals surface area contributed by atoms with Crippen LogP contribution in [0.3, 0.4) is 0 Å². The normalized spacial score (nSPS) is 21.8. The molecule has 1 fully saturated rings. The molecule has 1 aromatic heterocycles. The minimum Gasteiger partial charge on any atom is -0.388 e. The highest BCUT2D eigenvalue weighted by Gasteiger charge is 2.33. The summed E-state index contributed by atoms with van der Waals surface area (Å²) in [5.74, 6) is 5.54. The summed E-state index contributed by atoms with van der Waals surface area (Å²) in [7, 11) is 0. The summed E-state index contributed by atoms with van der Waals surface area (Å²) in [6.45, 7) is 0.194. The van der Waals surface area contributed by atoms with Gasteiger partial charge in [-0.2, -0.15) is 0 Å². The van der Waals surface area contributed by atoms with Crippen molar-refractivity contribution in [3.63, 3.8) is 0 Å². The molecule has 1 saturated heterocycles. The van der Waals surface area contributed by atoms with Crippen molar-refractivity contribution in [2.45, 2.75) is 12.2 Å². The minimum atomic E-state index is -0.915. The topological polar surface area (TPSA) is 112 Å². The number of rotatable bonds is 2. The summed E-state index contributed by atoms with van der Waals surface area (Å²) in [5.41, 5.74) is 2.72. The van der Waals surface area contributed by atoms with Crippen molar-refractivity contribution in [1.82, 2.24) is 9.88 Å². The number of hydrogen-bond donors (Lipinski definition) is 4. The zero-order valence-corrected chi connectivity index (χ0v) is 11.2. The van der Waals surface area contributed by atoms with Gasteiger partial charge in [0.15, 0.2) is 0 Å². The Morgan fingerprint density at radius 1 is 1.29 bits per heavy atom. The number of anilines is 1. The third-order valence-electron chi connectivity index (χ3n) is 3.64. The van der Waals surface area contributed by atoms with Gasteiger partial charge in [0.25, 0.3) is 5.91 Å². The fourth-order valence-electron chi connectivity index (χ4n) is 2.52. The summed E-state index contributed by atoms with van der Waals surface area (Å²) in [6.07, 6.45) is -1.83. The van der Waals surface area contributed by atoms with E-state index < -0.39 is 12.2 Å². The number of β-amino-alcohol motifs (C(OH)–C–C–N with tert-alkyl or cyclic N) is 2. The Hall–Kier alpha value is -2.22. The standard InChI is InChI=1S/C14H16N4O3/c15-17-13-9-4-2-1-3-8(9)5-10(16-13)14(21)18-6-11(19)12(20)7-18/h1-5,11-12,19-20H,6-7,15H2,(H,16,17). The SMILES string of the molecule is NNc1nc(C(=O)N2CC(O)C(O)C2)cc2ccccc12. The smallest absolute Gasteiger partial charge is 0.272 e. The van der Waals surface area contributed by atoms with E-state index in [0.29, 0.717) is 5.82 Å². The molecule has 0 saturated carbocycles. The maximum atomic E-state index is 12.4. The Balaban J connectivity index is 1.99. The Morgan fingerprint density at radius 2 is 1.95 bits per heavy atom. The monoisotopic (exact) mass is 288 g/mol. The van der Waals surface area contributed by atoms with Gasteiger partial charge < -0.3 is 20.5 Å². The van der Waals surface area contributed by atoms with E-state index in [2.05, 4.69) is 10.4 Å². The van der Waals surface area contributed by atoms with Crippen LogP contribution in [0, 0.1) is 0 Å². The molecule has 2 unspecified atom stereocenters. The van der Waals surface area contributed by atoms with E-state index in [0.717, 1.165) is 10.8 Å². The third-order valence-corrected chi connectivity index (χ3v) is 3.64. The number of nitrogens with zero attached hydrogens (tertiary/aromatic N) is 2. The molecule has 0 bridgehead atoms. The first kappa shape index (κ1) is 13.7. The number of hydrazine groups is 1. The van der Waals surface area contributed by atoms with Crippen LogP contribution in [0.1, 0.15) is 10.5 Å². The lowest BCUT2D eigenvalue weighted by atomic mass is 10.1. The molecule has 7 nitrogen and oxygen atoms in total. The number of pyridine rings is 1. The van der Waals surface area contributed by atoms with Crippen LogP contribution in [0.2, 0.25) is 0 Å². The summed E-state index contributed by atoms with van der Waals surface area (Å²) in [4.78, 5) is 18.0. The van der Waals surface area contributed by atoms with E-state index in [-0.39, 0.29) is 24.7 Å². The number of likely N-dealkylation sites (tertiary alicyclic amines) is 1. The number of hydrogen-bond acceptors (Lipinski definition) is 6. The number of aromatic nitrogens is 1. The molecular formula is C14H16N4O3. The molecule has 2 atom stereocenters. The van der Waals surface area contributed by atoms with Crippen molar-refractivity contribution < 1.29 is 15.0 Å². The first-order valence-corrected chi connectivity index (χ1v) is 6.62. The van der Waals surface area contributed by atoms with Crippen LogP contribution in [0.5, 0.6) is 0 Å². The summed E-state index contributed by atoms with van der Waals surface area (Å²) < 4.78 is 0. The average molecular weight is 288 g/mol. The molecule has 0 aliphatic carbocycles. The van der Waals surface area contributed by atoms with Crippen LogP contribution in [0.25, 0.3) is 10.8 Å². The van der Waals surface area contributed by atoms with Crippen LogP contribution in [-0.2, 0) is 0 Å². The minimum absolute atomic E-state index is 0.0971. The highest BCUT2D eigenvalue weighted by atomic mass is 16.3. The van der Waals surface area contributed by atoms with Gasteiger partial charge in [0.2, 0.25) is 0 Å². The molecule has 2 heterocycles. The fourth-order valence-corrected chi connectivity index (χ4v) is 2.52. The Bertz CT molecular complexity index is 681. The van der Waals surface area contributed by atoms with Crippen molar-refractivity contribution in [3.05, 3.63) is 36.0 Å². The van der Waals surface area contributed by atoms with Crippen molar-refractivity contribution in [3.8, 4) is 0 Å². The lowest BCUT2D eigenvalue weighted by molar-refractivity contribution is 0.0572. The Kier molecular flexibility index (Phi) is 3.46. The predicted molar refractivity (Wildman–Crippen MR) is 77.5 cm³/mol. The molecule has 1 aliphatic rings. The van der Waals surface area contributed by atoms with Crippen molar-refractivity contribution in [2.75, 3.05) is 18.5 Å². The van der Waals surface area contributed by atoms with Crippen LogP contribution in [-0.4, -0.2) is 51.3 Å². The second-order valence-corrected chi connectivity index (χ2v) is 5.07. The van der Waals surface area contributed by atoms with Crippen LogP contribution < -0.4 is 11.3 Å². The molecular weight excluding hydrogens is 272 g/mol. The van der Waals surface area contributed by atoms with Crippen molar-refractivity contribution in [2.24, 2.45) is 5.84 Å². The molecule has 1 amide bonds. The van der Waals surface area contributed by atoms with Gasteiger partial charge in [-0.05, 0) is 11.5 Å². The molecule has 110 valence electrons. The number of carbonyl (C=O) groups is 1. The molecule has 0 radical (unpaired) electrons. The number of aliphatic hydroxyl groups is 2. The third kappa shape index (κ3) is 2.42. The fraction of sp³-hybridized carbons (Fsp3) is 0.286. The van der Waals surface area contributed by atoms with Gasteiger partial charge >= 0.3 is 0 Å². The maximum Gasteiger partial charge on any atom is 0.272 e. The molecule has 0 spiro atoms. The number of nitrogens with two attached hydrogens (primary N) is 1. The van der Waals surface area contributed by atoms with Crippen LogP contribution in [0.4, 0.5) is 5.82 Å². The van der Waals surface area contributed by atoms with E-state index in [1.165, 1.54) is 4.90 Å². The van der Waals surface area contributed by atoms with Crippen LogP contribution >= 0.6 is 0 Å². The molecule has 1 aromatic carbocycles. The van der Waals surface area contributed by atoms with Crippen LogP contribution in [0.15, 0.2) is 30.3 Å². The number of amides is 1. The number of benzene rings is 1. The van der Waals surface area contributed by atoms with Crippen molar-refractivity contribution >= 4 is 22.5 Å². The van der Waals surface area contributed by atoms with Gasteiger partial charge in [-0.15, -0.1) is 0 Å². The lowest BCUT2D eigenvalue weighted by Gasteiger charge is -2.16. The number of carbonyl (C=O) groups excluding carboxylic acids is 1. The maximum absolute atomic E-state index is 12.4. The lowest BCUT2D eigenvalue weighted by Crippen LogP contribution is -2.30. The van der Waals surface area contributed by atoms with Gasteiger partial charge in [0.1, 0.15) is 11.5 Å². The number of fused-ring (bicyclic) bond motifs is 1. The average Bonchev–Trinajstić information content (AvgIpc) is 2.84. The first-order chi connectivity index (χ1) is 10.1. The summed E-state index contributed by atoms with van der Waals surface area (Å²) >= 11 is 0. The molecule has 1 aliphatic heterocycles. The zero-order valence-electron chi connectivity index (χ0n) is 11.2. The Morgan fingerprint density at radius 3 is 2.62 bits per heavy atom. The van der Waals surface area contributed by atoms with E-state index in [4.69, 9.17) is 5.84 Å². The molecule has 3 rings (SSSR count). The number of nitrogens with one attached hydrogen (secondary N) is 1. The summed E-state index contributed by atoms with van der Waals surface area (Å²) in [6, 6.07) is 9.12. The second-order valence-electron chi connectivity index (χ2n) is 5.07. The molecule has 2 aromatic rings. The van der Waals surface area contributed by atoms with E-state index in [1.54, 1.807) is 6.07 Å². The van der Waals surface area contributed by atoms with Gasteiger partial charge in [-0.1, -0.05) is 24.3 Å². The van der Waals surface area contributed by atoms with Gasteiger partial charge in [-0.3, -0.25) is 4.79 Å². The second kappa shape index (κ2) is 5.28. The highest BCUT2D eigenvalue weighted by molar-refractivity contribution is 6.00.